The fourth-order valence-electron chi connectivity index (χ4n) is 2.28. The normalized spacial score (nSPS) is 12.7. The van der Waals surface area contributed by atoms with Crippen LogP contribution in [0.5, 0.6) is 0 Å². The monoisotopic (exact) mass is 300 g/mol. The van der Waals surface area contributed by atoms with Crippen LogP contribution in [-0.4, -0.2) is 28.2 Å². The lowest BCUT2D eigenvalue weighted by atomic mass is 10.1. The number of likely N-dealkylation sites (N-methyl/N-ethyl adjacent to an activating group) is 1. The Morgan fingerprint density at radius 3 is 2.86 bits per heavy atom. The van der Waals surface area contributed by atoms with E-state index in [0.29, 0.717) is 23.7 Å². The van der Waals surface area contributed by atoms with Crippen molar-refractivity contribution in [2.45, 2.75) is 26.3 Å². The van der Waals surface area contributed by atoms with Gasteiger partial charge in [0.1, 0.15) is 5.82 Å². The van der Waals surface area contributed by atoms with Crippen molar-refractivity contribution in [2.75, 3.05) is 7.05 Å². The van der Waals surface area contributed by atoms with Gasteiger partial charge in [0.05, 0.1) is 16.8 Å². The zero-order valence-electron chi connectivity index (χ0n) is 12.7. The molecule has 1 unspecified atom stereocenters. The van der Waals surface area contributed by atoms with E-state index in [1.54, 1.807) is 6.07 Å². The average molecular weight is 300 g/mol. The summed E-state index contributed by atoms with van der Waals surface area (Å²) in [4.78, 5) is 8.84. The average Bonchev–Trinajstić information content (AvgIpc) is 2.94. The van der Waals surface area contributed by atoms with Gasteiger partial charge in [-0.25, -0.2) is 4.39 Å². The Labute approximate surface area is 127 Å². The second kappa shape index (κ2) is 5.81. The van der Waals surface area contributed by atoms with E-state index in [1.165, 1.54) is 12.1 Å². The molecule has 5 nitrogen and oxygen atoms in total. The molecule has 1 N–H and O–H groups in total. The number of nitrogens with one attached hydrogen (secondary N) is 1. The van der Waals surface area contributed by atoms with Crippen LogP contribution >= 0.6 is 0 Å². The van der Waals surface area contributed by atoms with Gasteiger partial charge in [0.25, 0.3) is 5.89 Å². The number of pyridine rings is 1. The Balaban J connectivity index is 1.99. The summed E-state index contributed by atoms with van der Waals surface area (Å²) in [6.07, 6.45) is 0.686. The second-order valence-electron chi connectivity index (χ2n) is 5.37. The van der Waals surface area contributed by atoms with Gasteiger partial charge in [0.2, 0.25) is 0 Å². The molecule has 22 heavy (non-hydrogen) atoms. The number of hydrogen-bond acceptors (Lipinski definition) is 5. The Morgan fingerprint density at radius 1 is 1.27 bits per heavy atom. The van der Waals surface area contributed by atoms with Gasteiger partial charge in [-0.2, -0.15) is 4.98 Å². The van der Waals surface area contributed by atoms with E-state index < -0.39 is 0 Å². The predicted octanol–water partition coefficient (Wildman–Crippen LogP) is 2.88. The summed E-state index contributed by atoms with van der Waals surface area (Å²) in [6, 6.07) is 6.69. The summed E-state index contributed by atoms with van der Waals surface area (Å²) in [7, 11) is 1.89. The molecule has 0 spiro atoms. The Hall–Kier alpha value is -2.34. The summed E-state index contributed by atoms with van der Waals surface area (Å²) in [5.74, 6) is 0.790. The van der Waals surface area contributed by atoms with Gasteiger partial charge in [-0.05, 0) is 39.1 Å². The van der Waals surface area contributed by atoms with Crippen LogP contribution < -0.4 is 5.32 Å². The molecule has 0 aliphatic heterocycles. The van der Waals surface area contributed by atoms with Gasteiger partial charge >= 0.3 is 0 Å². The molecule has 0 radical (unpaired) electrons. The fourth-order valence-corrected chi connectivity index (χ4v) is 2.28. The first-order chi connectivity index (χ1) is 10.6. The molecule has 114 valence electrons. The van der Waals surface area contributed by atoms with E-state index >= 15 is 0 Å². The number of aromatic nitrogens is 3. The van der Waals surface area contributed by atoms with Crippen LogP contribution in [0.25, 0.3) is 22.4 Å². The van der Waals surface area contributed by atoms with Crippen LogP contribution in [0.4, 0.5) is 4.39 Å². The molecular weight excluding hydrogens is 283 g/mol. The first-order valence-corrected chi connectivity index (χ1v) is 7.14. The molecule has 0 bridgehead atoms. The number of halogens is 1. The van der Waals surface area contributed by atoms with Crippen molar-refractivity contribution < 1.29 is 8.91 Å². The van der Waals surface area contributed by atoms with E-state index in [2.05, 4.69) is 20.4 Å². The number of rotatable bonds is 4. The number of hydrogen-bond donors (Lipinski definition) is 1. The standard InChI is InChI=1S/C16H17FN4O/c1-9(18-3)6-15-20-16(22-21-15)13-7-11-4-5-12(17)8-14(11)19-10(13)2/h4-5,7-9,18H,6H2,1-3H3. The van der Waals surface area contributed by atoms with Gasteiger partial charge in [0.15, 0.2) is 5.82 Å². The summed E-state index contributed by atoms with van der Waals surface area (Å²) in [5.41, 5.74) is 2.12. The minimum atomic E-state index is -0.298. The summed E-state index contributed by atoms with van der Waals surface area (Å²) < 4.78 is 18.6. The molecule has 0 saturated heterocycles. The van der Waals surface area contributed by atoms with Crippen LogP contribution in [0.2, 0.25) is 0 Å². The minimum Gasteiger partial charge on any atom is -0.334 e. The van der Waals surface area contributed by atoms with Crippen molar-refractivity contribution in [3.05, 3.63) is 41.6 Å². The maximum atomic E-state index is 13.3. The van der Waals surface area contributed by atoms with E-state index in [1.807, 2.05) is 27.0 Å². The van der Waals surface area contributed by atoms with Crippen molar-refractivity contribution in [1.29, 1.82) is 0 Å². The first kappa shape index (κ1) is 14.6. The molecule has 1 atom stereocenters. The zero-order valence-corrected chi connectivity index (χ0v) is 12.7. The molecule has 0 aliphatic carbocycles. The lowest BCUT2D eigenvalue weighted by molar-refractivity contribution is 0.418. The maximum Gasteiger partial charge on any atom is 0.259 e. The molecule has 0 aliphatic rings. The van der Waals surface area contributed by atoms with Crippen LogP contribution in [0.1, 0.15) is 18.4 Å². The van der Waals surface area contributed by atoms with Crippen molar-refractivity contribution in [2.24, 2.45) is 0 Å². The minimum absolute atomic E-state index is 0.268. The molecular formula is C16H17FN4O. The van der Waals surface area contributed by atoms with E-state index in [0.717, 1.165) is 16.6 Å². The van der Waals surface area contributed by atoms with E-state index in [4.69, 9.17) is 4.52 Å². The van der Waals surface area contributed by atoms with Crippen molar-refractivity contribution in [3.63, 3.8) is 0 Å². The largest absolute Gasteiger partial charge is 0.334 e. The second-order valence-corrected chi connectivity index (χ2v) is 5.37. The highest BCUT2D eigenvalue weighted by Crippen LogP contribution is 2.25. The van der Waals surface area contributed by atoms with E-state index in [-0.39, 0.29) is 11.9 Å². The molecule has 2 heterocycles. The fraction of sp³-hybridized carbons (Fsp3) is 0.312. The molecule has 0 fully saturated rings. The highest BCUT2D eigenvalue weighted by molar-refractivity contribution is 5.83. The van der Waals surface area contributed by atoms with Crippen LogP contribution in [0.3, 0.4) is 0 Å². The first-order valence-electron chi connectivity index (χ1n) is 7.14. The molecule has 3 rings (SSSR count). The van der Waals surface area contributed by atoms with E-state index in [9.17, 15) is 4.39 Å². The highest BCUT2D eigenvalue weighted by Gasteiger charge is 2.14. The third-order valence-corrected chi connectivity index (χ3v) is 3.65. The van der Waals surface area contributed by atoms with Gasteiger partial charge in [-0.15, -0.1) is 0 Å². The molecule has 0 saturated carbocycles. The van der Waals surface area contributed by atoms with Crippen LogP contribution in [0, 0.1) is 12.7 Å². The zero-order chi connectivity index (χ0) is 15.7. The molecule has 1 aromatic carbocycles. The van der Waals surface area contributed by atoms with Crippen LogP contribution in [-0.2, 0) is 6.42 Å². The summed E-state index contributed by atoms with van der Waals surface area (Å²) >= 11 is 0. The maximum absolute atomic E-state index is 13.3. The topological polar surface area (TPSA) is 63.8 Å². The SMILES string of the molecule is CNC(C)Cc1noc(-c2cc3ccc(F)cc3nc2C)n1. The Bertz CT molecular complexity index is 815. The summed E-state index contributed by atoms with van der Waals surface area (Å²) in [5, 5.41) is 7.97. The van der Waals surface area contributed by atoms with Gasteiger partial charge in [-0.1, -0.05) is 5.16 Å². The van der Waals surface area contributed by atoms with Crippen molar-refractivity contribution >= 4 is 10.9 Å². The van der Waals surface area contributed by atoms with Crippen LogP contribution in [0.15, 0.2) is 28.8 Å². The molecule has 6 heteroatoms. The lowest BCUT2D eigenvalue weighted by Gasteiger charge is -2.05. The molecule has 3 aromatic rings. The number of aryl methyl sites for hydroxylation is 1. The Kier molecular flexibility index (Phi) is 3.85. The third kappa shape index (κ3) is 2.82. The quantitative estimate of drug-likeness (QED) is 0.802. The number of nitrogens with zero attached hydrogens (tertiary/aromatic N) is 3. The smallest absolute Gasteiger partial charge is 0.259 e. The van der Waals surface area contributed by atoms with Gasteiger partial charge < -0.3 is 9.84 Å². The van der Waals surface area contributed by atoms with Gasteiger partial charge in [-0.3, -0.25) is 4.98 Å². The van der Waals surface area contributed by atoms with Gasteiger partial charge in [0, 0.05) is 23.9 Å². The Morgan fingerprint density at radius 2 is 2.09 bits per heavy atom. The molecule has 2 aromatic heterocycles. The van der Waals surface area contributed by atoms with Crippen molar-refractivity contribution in [1.82, 2.24) is 20.4 Å². The third-order valence-electron chi connectivity index (χ3n) is 3.65. The predicted molar refractivity (Wildman–Crippen MR) is 82.0 cm³/mol. The lowest BCUT2D eigenvalue weighted by Crippen LogP contribution is -2.24. The number of benzene rings is 1. The van der Waals surface area contributed by atoms with Crippen molar-refractivity contribution in [3.8, 4) is 11.5 Å². The summed E-state index contributed by atoms with van der Waals surface area (Å²) in [6.45, 7) is 3.90. The molecule has 0 amide bonds. The highest BCUT2D eigenvalue weighted by atomic mass is 19.1. The number of fused-ring (bicyclic) bond motifs is 1.